The second-order valence-corrected chi connectivity index (χ2v) is 10.2. The molecule has 1 amide bonds. The quantitative estimate of drug-likeness (QED) is 0.436. The van der Waals surface area contributed by atoms with E-state index in [0.29, 0.717) is 45.3 Å². The minimum absolute atomic E-state index is 0.0962. The zero-order chi connectivity index (χ0) is 25.9. The van der Waals surface area contributed by atoms with Gasteiger partial charge in [0.2, 0.25) is 0 Å². The predicted molar refractivity (Wildman–Crippen MR) is 135 cm³/mol. The van der Waals surface area contributed by atoms with Crippen LogP contribution in [0.1, 0.15) is 47.4 Å². The van der Waals surface area contributed by atoms with E-state index in [0.717, 1.165) is 27.8 Å². The minimum atomic E-state index is -0.602. The minimum Gasteiger partial charge on any atom is -0.492 e. The summed E-state index contributed by atoms with van der Waals surface area (Å²) in [7, 11) is 0. The highest BCUT2D eigenvalue weighted by molar-refractivity contribution is 6.02. The number of hydrogen-bond acceptors (Lipinski definition) is 8. The van der Waals surface area contributed by atoms with Crippen molar-refractivity contribution in [2.75, 3.05) is 26.4 Å². The average molecular weight is 501 g/mol. The number of imidazole rings is 1. The Hall–Kier alpha value is -2.95. The fraction of sp³-hybridized carbons (Fsp3) is 0.577. The zero-order valence-corrected chi connectivity index (χ0v) is 21.9. The van der Waals surface area contributed by atoms with Gasteiger partial charge in [-0.3, -0.25) is 4.98 Å². The summed E-state index contributed by atoms with van der Waals surface area (Å²) in [4.78, 5) is 21.2. The van der Waals surface area contributed by atoms with Crippen LogP contribution in [-0.2, 0) is 32.1 Å². The molecule has 1 unspecified atom stereocenters. The average Bonchev–Trinajstić information content (AvgIpc) is 3.33. The molecular formula is C26H36N4O6. The SMILES string of the molecule is CCOCc1nc2cnc3cc(OCCNC(=O)OC(C)(C)C)ccc3c2n1CC1COC(C)(C)O1. The van der Waals surface area contributed by atoms with Gasteiger partial charge in [-0.2, -0.15) is 0 Å². The summed E-state index contributed by atoms with van der Waals surface area (Å²) in [6.07, 6.45) is 1.21. The molecule has 36 heavy (non-hydrogen) atoms. The molecule has 0 aliphatic carbocycles. The molecule has 1 saturated heterocycles. The number of rotatable bonds is 9. The number of carbonyl (C=O) groups is 1. The highest BCUT2D eigenvalue weighted by Gasteiger charge is 2.33. The number of benzene rings is 1. The van der Waals surface area contributed by atoms with Crippen molar-refractivity contribution in [3.8, 4) is 5.75 Å². The molecule has 3 heterocycles. The second kappa shape index (κ2) is 10.6. The van der Waals surface area contributed by atoms with Crippen LogP contribution in [0.15, 0.2) is 24.4 Å². The van der Waals surface area contributed by atoms with Crippen LogP contribution in [0.25, 0.3) is 21.9 Å². The van der Waals surface area contributed by atoms with Gasteiger partial charge in [0, 0.05) is 18.1 Å². The lowest BCUT2D eigenvalue weighted by Crippen LogP contribution is -2.34. The Kier molecular flexibility index (Phi) is 7.67. The Morgan fingerprint density at radius 3 is 2.78 bits per heavy atom. The first-order valence-corrected chi connectivity index (χ1v) is 12.3. The van der Waals surface area contributed by atoms with Gasteiger partial charge in [-0.15, -0.1) is 0 Å². The number of alkyl carbamates (subject to hydrolysis) is 1. The van der Waals surface area contributed by atoms with E-state index in [-0.39, 0.29) is 6.10 Å². The smallest absolute Gasteiger partial charge is 0.407 e. The number of ether oxygens (including phenoxy) is 5. The molecule has 1 N–H and O–H groups in total. The third-order valence-corrected chi connectivity index (χ3v) is 5.55. The number of nitrogens with one attached hydrogen (secondary N) is 1. The molecule has 1 aliphatic rings. The van der Waals surface area contributed by atoms with E-state index in [1.165, 1.54) is 0 Å². The van der Waals surface area contributed by atoms with Gasteiger partial charge in [-0.25, -0.2) is 9.78 Å². The number of amides is 1. The van der Waals surface area contributed by atoms with Crippen molar-refractivity contribution >= 4 is 28.0 Å². The Balaban J connectivity index is 1.53. The number of nitrogens with zero attached hydrogens (tertiary/aromatic N) is 3. The van der Waals surface area contributed by atoms with Gasteiger partial charge in [0.05, 0.1) is 36.9 Å². The standard InChI is InChI=1S/C26H36N4O6/c1-7-32-16-22-29-21-13-28-20-12-17(33-11-10-27-24(31)36-25(2,3)4)8-9-19(20)23(21)30(22)14-18-15-34-26(5,6)35-18/h8-9,12-13,18H,7,10-11,14-16H2,1-6H3,(H,27,31). The van der Waals surface area contributed by atoms with E-state index in [1.54, 1.807) is 6.20 Å². The molecule has 2 aromatic heterocycles. The van der Waals surface area contributed by atoms with E-state index in [2.05, 4.69) is 14.9 Å². The summed E-state index contributed by atoms with van der Waals surface area (Å²) in [6.45, 7) is 14.0. The molecule has 1 fully saturated rings. The van der Waals surface area contributed by atoms with Crippen LogP contribution in [0.2, 0.25) is 0 Å². The maximum atomic E-state index is 11.8. The Morgan fingerprint density at radius 2 is 2.08 bits per heavy atom. The predicted octanol–water partition coefficient (Wildman–Crippen LogP) is 4.18. The molecule has 0 saturated carbocycles. The van der Waals surface area contributed by atoms with E-state index in [4.69, 9.17) is 28.7 Å². The lowest BCUT2D eigenvalue weighted by atomic mass is 10.2. The van der Waals surface area contributed by atoms with Crippen LogP contribution in [0.5, 0.6) is 5.75 Å². The molecule has 196 valence electrons. The van der Waals surface area contributed by atoms with Crippen LogP contribution < -0.4 is 10.1 Å². The van der Waals surface area contributed by atoms with E-state index in [9.17, 15) is 4.79 Å². The van der Waals surface area contributed by atoms with Crippen molar-refractivity contribution in [1.29, 1.82) is 0 Å². The lowest BCUT2D eigenvalue weighted by molar-refractivity contribution is -0.139. The first-order chi connectivity index (χ1) is 17.0. The fourth-order valence-electron chi connectivity index (χ4n) is 4.13. The highest BCUT2D eigenvalue weighted by Crippen LogP contribution is 2.30. The molecule has 3 aromatic rings. The normalized spacial score (nSPS) is 17.6. The van der Waals surface area contributed by atoms with Crippen LogP contribution in [0.4, 0.5) is 4.79 Å². The van der Waals surface area contributed by atoms with Gasteiger partial charge >= 0.3 is 6.09 Å². The molecule has 10 nitrogen and oxygen atoms in total. The van der Waals surface area contributed by atoms with Crippen LogP contribution in [0.3, 0.4) is 0 Å². The summed E-state index contributed by atoms with van der Waals surface area (Å²) < 4.78 is 30.8. The molecule has 1 aliphatic heterocycles. The van der Waals surface area contributed by atoms with Crippen LogP contribution in [-0.4, -0.2) is 64.5 Å². The van der Waals surface area contributed by atoms with Crippen molar-refractivity contribution in [2.45, 2.75) is 72.2 Å². The maximum Gasteiger partial charge on any atom is 0.407 e. The number of carbonyl (C=O) groups excluding carboxylic acids is 1. The van der Waals surface area contributed by atoms with Crippen molar-refractivity contribution < 1.29 is 28.5 Å². The molecular weight excluding hydrogens is 464 g/mol. The van der Waals surface area contributed by atoms with Gasteiger partial charge in [0.25, 0.3) is 0 Å². The number of fused-ring (bicyclic) bond motifs is 3. The lowest BCUT2D eigenvalue weighted by Gasteiger charge is -2.19. The van der Waals surface area contributed by atoms with Crippen molar-refractivity contribution in [1.82, 2.24) is 19.9 Å². The van der Waals surface area contributed by atoms with Crippen LogP contribution in [0, 0.1) is 0 Å². The van der Waals surface area contributed by atoms with E-state index in [1.807, 2.05) is 59.7 Å². The van der Waals surface area contributed by atoms with Crippen molar-refractivity contribution in [3.63, 3.8) is 0 Å². The third-order valence-electron chi connectivity index (χ3n) is 5.55. The van der Waals surface area contributed by atoms with Gasteiger partial charge < -0.3 is 33.6 Å². The summed E-state index contributed by atoms with van der Waals surface area (Å²) in [6, 6.07) is 5.77. The van der Waals surface area contributed by atoms with Gasteiger partial charge in [0.1, 0.15) is 42.0 Å². The Morgan fingerprint density at radius 1 is 1.28 bits per heavy atom. The molecule has 0 spiro atoms. The summed E-state index contributed by atoms with van der Waals surface area (Å²) >= 11 is 0. The van der Waals surface area contributed by atoms with Gasteiger partial charge in [-0.1, -0.05) is 0 Å². The monoisotopic (exact) mass is 500 g/mol. The Bertz CT molecular complexity index is 1220. The second-order valence-electron chi connectivity index (χ2n) is 10.2. The number of aromatic nitrogens is 3. The van der Waals surface area contributed by atoms with Crippen LogP contribution >= 0.6 is 0 Å². The first kappa shape index (κ1) is 26.1. The summed E-state index contributed by atoms with van der Waals surface area (Å²) in [5.74, 6) is 0.883. The molecule has 4 rings (SSSR count). The summed E-state index contributed by atoms with van der Waals surface area (Å²) in [5, 5.41) is 3.65. The number of pyridine rings is 1. The number of hydrogen-bond donors (Lipinski definition) is 1. The molecule has 1 atom stereocenters. The third kappa shape index (κ3) is 6.43. The highest BCUT2D eigenvalue weighted by atomic mass is 16.7. The topological polar surface area (TPSA) is 106 Å². The summed E-state index contributed by atoms with van der Waals surface area (Å²) in [5.41, 5.74) is 2.02. The molecule has 1 aromatic carbocycles. The Labute approximate surface area is 211 Å². The van der Waals surface area contributed by atoms with Gasteiger partial charge in [0.15, 0.2) is 5.79 Å². The molecule has 10 heteroatoms. The fourth-order valence-corrected chi connectivity index (χ4v) is 4.13. The maximum absolute atomic E-state index is 11.8. The van der Waals surface area contributed by atoms with Crippen molar-refractivity contribution in [3.05, 3.63) is 30.2 Å². The van der Waals surface area contributed by atoms with Gasteiger partial charge in [-0.05, 0) is 53.7 Å². The molecule has 0 bridgehead atoms. The van der Waals surface area contributed by atoms with E-state index >= 15 is 0 Å². The first-order valence-electron chi connectivity index (χ1n) is 12.3. The largest absolute Gasteiger partial charge is 0.492 e. The molecule has 0 radical (unpaired) electrons. The zero-order valence-electron chi connectivity index (χ0n) is 21.9. The van der Waals surface area contributed by atoms with E-state index < -0.39 is 17.5 Å². The van der Waals surface area contributed by atoms with Crippen molar-refractivity contribution in [2.24, 2.45) is 0 Å².